The van der Waals surface area contributed by atoms with Crippen LogP contribution in [0, 0.1) is 12.3 Å². The number of nitrogens with one attached hydrogen (secondary N) is 3. The van der Waals surface area contributed by atoms with Crippen LogP contribution in [0.5, 0.6) is 23.0 Å². The minimum Gasteiger partial charge on any atom is -0.508 e. The number of likely N-dealkylation sites (N-methyl/N-ethyl adjacent to an activating group) is 1. The second-order valence-corrected chi connectivity index (χ2v) is 22.1. The van der Waals surface area contributed by atoms with Gasteiger partial charge >= 0.3 is 12.2 Å². The van der Waals surface area contributed by atoms with Crippen molar-refractivity contribution in [1.29, 1.82) is 0 Å². The van der Waals surface area contributed by atoms with Crippen molar-refractivity contribution < 1.29 is 44.3 Å². The Kier molecular flexibility index (Phi) is 19.8. The van der Waals surface area contributed by atoms with Crippen LogP contribution in [0.2, 0.25) is 10.0 Å². The highest BCUT2D eigenvalue weighted by molar-refractivity contribution is 6.31. The van der Waals surface area contributed by atoms with Crippen LogP contribution in [0.3, 0.4) is 0 Å². The summed E-state index contributed by atoms with van der Waals surface area (Å²) in [7, 11) is 2.07. The highest BCUT2D eigenvalue weighted by Gasteiger charge is 2.55. The average molecular weight is 1150 g/mol. The van der Waals surface area contributed by atoms with Crippen LogP contribution >= 0.6 is 23.2 Å². The number of likely N-dealkylation sites (tertiary alicyclic amines) is 1. The molecule has 0 aromatic heterocycles. The molecule has 2 fully saturated rings. The standard InChI is InChI=1S/C30H32ClN3O4.C29H30ClN3O4.C6H8O/c1-20-16-33(2)18-28-30(20,10-11-32-29(37)38-19-21-6-4-3-5-7-21)26-14-23(31)8-9-27(26)34(28)17-22-12-24(35)15-25(36)13-22;1-19-15-31-16-27-29(19,9-10-32-28(36)37-18-20-5-3-2-4-6-20)25-13-22(30)7-8-26(25)33(27)17-21-11-23(34)14-24(35)12-21;1-3-4-5-6(2)7/h3-9,12-15,28,35-36H,1,10-11,16-19H2,2H3,(H,32,37);2-8,11-14,27,31,34-35H,1,9-10,15-18H2,(H,32,36);1H,4-5H2,2H3/t28-,30-;27-,29-;/m00./s1. The molecule has 4 heterocycles. The summed E-state index contributed by atoms with van der Waals surface area (Å²) in [5.74, 6) is 2.61. The van der Waals surface area contributed by atoms with E-state index >= 15 is 0 Å². The molecule has 4 atom stereocenters. The van der Waals surface area contributed by atoms with E-state index in [0.717, 1.165) is 69.0 Å². The first-order chi connectivity index (χ1) is 39.4. The Bertz CT molecular complexity index is 3280. The van der Waals surface area contributed by atoms with Gasteiger partial charge in [0, 0.05) is 110 Å². The first kappa shape index (κ1) is 60.0. The van der Waals surface area contributed by atoms with Gasteiger partial charge in [-0.2, -0.15) is 0 Å². The highest BCUT2D eigenvalue weighted by atomic mass is 35.5. The molecule has 0 radical (unpaired) electrons. The second kappa shape index (κ2) is 27.1. The van der Waals surface area contributed by atoms with Gasteiger partial charge in [0.05, 0.1) is 12.1 Å². The third-order valence-electron chi connectivity index (χ3n) is 15.5. The van der Waals surface area contributed by atoms with Gasteiger partial charge in [-0.15, -0.1) is 12.3 Å². The zero-order valence-corrected chi connectivity index (χ0v) is 47.7. The fourth-order valence-electron chi connectivity index (χ4n) is 11.9. The number of hydrogen-bond donors (Lipinski definition) is 7. The van der Waals surface area contributed by atoms with Crippen molar-refractivity contribution in [2.45, 2.75) is 81.8 Å². The number of hydrogen-bond acceptors (Lipinski definition) is 13. The van der Waals surface area contributed by atoms with Crippen LogP contribution in [0.25, 0.3) is 0 Å². The number of nitrogens with zero attached hydrogens (tertiary/aromatic N) is 3. The third kappa shape index (κ3) is 14.1. The predicted molar refractivity (Wildman–Crippen MR) is 322 cm³/mol. The SMILES string of the molecule is C#CCCC(C)=O.C=C1CN(C)C[C@@H]2N(Cc3cc(O)cc(O)c3)c3ccc(Cl)cc3[C@]12CCNC(=O)OCc1ccccc1.C=C1CNC[C@@H]2N(Cc3cc(O)cc(O)c3)c3ccc(Cl)cc3[C@]12CCNC(=O)OCc1ccccc1. The van der Waals surface area contributed by atoms with Gasteiger partial charge in [-0.25, -0.2) is 9.59 Å². The molecule has 0 spiro atoms. The zero-order valence-electron chi connectivity index (χ0n) is 46.2. The lowest BCUT2D eigenvalue weighted by Crippen LogP contribution is -2.57. The Balaban J connectivity index is 0.000000192. The number of carbonyl (C=O) groups excluding carboxylic acids is 3. The van der Waals surface area contributed by atoms with E-state index in [2.05, 4.69) is 56.8 Å². The van der Waals surface area contributed by atoms with Gasteiger partial charge in [-0.1, -0.05) is 108 Å². The first-order valence-electron chi connectivity index (χ1n) is 27.1. The lowest BCUT2D eigenvalue weighted by Gasteiger charge is -2.48. The summed E-state index contributed by atoms with van der Waals surface area (Å²) in [6, 6.07) is 40.2. The minimum atomic E-state index is -0.465. The van der Waals surface area contributed by atoms with Crippen molar-refractivity contribution in [3.63, 3.8) is 0 Å². The number of aromatic hydroxyl groups is 4. The number of amides is 2. The largest absolute Gasteiger partial charge is 0.508 e. The van der Waals surface area contributed by atoms with E-state index < -0.39 is 23.0 Å². The lowest BCUT2D eigenvalue weighted by molar-refractivity contribution is -0.116. The van der Waals surface area contributed by atoms with Gasteiger partial charge in [-0.3, -0.25) is 4.79 Å². The number of halogens is 2. The molecule has 0 unspecified atom stereocenters. The number of terminal acetylenes is 1. The van der Waals surface area contributed by atoms with Crippen molar-refractivity contribution in [2.75, 3.05) is 56.1 Å². The van der Waals surface area contributed by atoms with Gasteiger partial charge in [-0.05, 0) is 121 Å². The number of rotatable bonds is 16. The number of alkyl carbamates (subject to hydrolysis) is 2. The summed E-state index contributed by atoms with van der Waals surface area (Å²) in [4.78, 5) is 41.9. The smallest absolute Gasteiger partial charge is 0.407 e. The maximum absolute atomic E-state index is 12.5. The number of fused-ring (bicyclic) bond motifs is 6. The van der Waals surface area contributed by atoms with Gasteiger partial charge in [0.25, 0.3) is 0 Å². The number of ketones is 1. The number of piperidine rings is 2. The normalized spacial score (nSPS) is 19.4. The molecule has 428 valence electrons. The van der Waals surface area contributed by atoms with Crippen LogP contribution in [-0.4, -0.2) is 102 Å². The molecular weight excluding hydrogens is 1080 g/mol. The molecule has 17 heteroatoms. The highest BCUT2D eigenvalue weighted by Crippen LogP contribution is 2.55. The fourth-order valence-corrected chi connectivity index (χ4v) is 12.3. The summed E-state index contributed by atoms with van der Waals surface area (Å²) < 4.78 is 10.8. The molecule has 10 rings (SSSR count). The van der Waals surface area contributed by atoms with Gasteiger partial charge in [0.2, 0.25) is 0 Å². The van der Waals surface area contributed by atoms with Crippen LogP contribution in [0.15, 0.2) is 158 Å². The maximum atomic E-state index is 12.5. The van der Waals surface area contributed by atoms with Crippen molar-refractivity contribution in [3.05, 3.63) is 201 Å². The lowest BCUT2D eigenvalue weighted by atomic mass is 9.66. The molecule has 0 saturated carbocycles. The maximum Gasteiger partial charge on any atom is 0.407 e. The van der Waals surface area contributed by atoms with Crippen molar-refractivity contribution in [2.24, 2.45) is 0 Å². The minimum absolute atomic E-state index is 0.00570. The molecule has 4 aliphatic heterocycles. The summed E-state index contributed by atoms with van der Waals surface area (Å²) >= 11 is 13.0. The van der Waals surface area contributed by atoms with E-state index in [0.29, 0.717) is 75.0 Å². The Morgan fingerprint density at radius 1 is 0.659 bits per heavy atom. The molecule has 0 bridgehead atoms. The molecular formula is C65H70Cl2N6O9. The summed E-state index contributed by atoms with van der Waals surface area (Å²) in [5, 5.41) is 50.8. The topological polar surface area (TPSA) is 196 Å². The number of phenolic OH excluding ortho intramolecular Hbond substituents is 4. The zero-order chi connectivity index (χ0) is 58.6. The second-order valence-electron chi connectivity index (χ2n) is 21.2. The monoisotopic (exact) mass is 1150 g/mol. The Morgan fingerprint density at radius 2 is 1.11 bits per heavy atom. The number of benzene rings is 6. The number of ether oxygens (including phenoxy) is 2. The average Bonchev–Trinajstić information content (AvgIpc) is 3.90. The van der Waals surface area contributed by atoms with E-state index in [9.17, 15) is 34.8 Å². The summed E-state index contributed by atoms with van der Waals surface area (Å²) in [6.45, 7) is 15.5. The van der Waals surface area contributed by atoms with Crippen LogP contribution in [-0.2, 0) is 51.4 Å². The Morgan fingerprint density at radius 3 is 1.55 bits per heavy atom. The van der Waals surface area contributed by atoms with E-state index in [1.807, 2.05) is 97.1 Å². The van der Waals surface area contributed by atoms with E-state index in [1.54, 1.807) is 24.3 Å². The van der Waals surface area contributed by atoms with Crippen molar-refractivity contribution in [1.82, 2.24) is 20.9 Å². The molecule has 6 aromatic carbocycles. The molecule has 15 nitrogen and oxygen atoms in total. The van der Waals surface area contributed by atoms with E-state index in [4.69, 9.17) is 39.1 Å². The van der Waals surface area contributed by atoms with Crippen molar-refractivity contribution in [3.8, 4) is 35.3 Å². The van der Waals surface area contributed by atoms with E-state index in [-0.39, 0.29) is 54.1 Å². The van der Waals surface area contributed by atoms with Crippen LogP contribution < -0.4 is 25.8 Å². The van der Waals surface area contributed by atoms with Crippen LogP contribution in [0.4, 0.5) is 21.0 Å². The van der Waals surface area contributed by atoms with Crippen LogP contribution in [0.1, 0.15) is 66.0 Å². The van der Waals surface area contributed by atoms with Gasteiger partial charge < -0.3 is 60.5 Å². The first-order valence-corrected chi connectivity index (χ1v) is 27.9. The third-order valence-corrected chi connectivity index (χ3v) is 16.0. The quantitative estimate of drug-likeness (QED) is 0.0358. The molecule has 4 aliphatic rings. The van der Waals surface area contributed by atoms with Gasteiger partial charge in [0.1, 0.15) is 42.0 Å². The Labute approximate surface area is 489 Å². The molecule has 0 aliphatic carbocycles. The van der Waals surface area contributed by atoms with Gasteiger partial charge in [0.15, 0.2) is 0 Å². The molecule has 2 saturated heterocycles. The summed E-state index contributed by atoms with van der Waals surface area (Å²) in [6.07, 6.45) is 6.29. The number of Topliss-reactive ketones (excluding diaryl/α,β-unsaturated/α-hetero) is 1. The number of phenols is 4. The molecule has 2 amide bonds. The summed E-state index contributed by atoms with van der Waals surface area (Å²) in [5.41, 5.74) is 8.82. The molecule has 7 N–H and O–H groups in total. The molecule has 6 aromatic rings. The van der Waals surface area contributed by atoms with E-state index in [1.165, 1.54) is 19.1 Å². The Hall–Kier alpha value is -8.13. The predicted octanol–water partition coefficient (Wildman–Crippen LogP) is 11.0. The number of anilines is 2. The molecule has 82 heavy (non-hydrogen) atoms. The fraction of sp³-hybridized carbons (Fsp3) is 0.308. The van der Waals surface area contributed by atoms with Crippen molar-refractivity contribution >= 4 is 52.5 Å². The number of carbonyl (C=O) groups is 3.